The topological polar surface area (TPSA) is 59.1 Å². The molecule has 2 aliphatic rings. The molecule has 1 spiro atoms. The van der Waals surface area contributed by atoms with Crippen LogP contribution in [-0.4, -0.2) is 65.4 Å². The summed E-state index contributed by atoms with van der Waals surface area (Å²) in [6.07, 6.45) is 4.32. The molecule has 1 saturated heterocycles. The van der Waals surface area contributed by atoms with Gasteiger partial charge < -0.3 is 19.3 Å². The maximum absolute atomic E-state index is 12.8. The maximum atomic E-state index is 12.8. The van der Waals surface area contributed by atoms with Crippen molar-refractivity contribution in [3.63, 3.8) is 0 Å². The number of carbonyl (C=O) groups excluding carboxylic acids is 2. The Morgan fingerprint density at radius 1 is 1.05 bits per heavy atom. The molecule has 40 heavy (non-hydrogen) atoms. The van der Waals surface area contributed by atoms with Gasteiger partial charge in [0.25, 0.3) is 5.91 Å². The minimum Gasteiger partial charge on any atom is -0.482 e. The molecular weight excluding hydrogens is 520 g/mol. The molecule has 6 nitrogen and oxygen atoms in total. The molecule has 2 aromatic carbocycles. The van der Waals surface area contributed by atoms with Crippen LogP contribution in [0.2, 0.25) is 0 Å². The SMILES string of the molecule is CC.CCN(CC)C(=O)c1ccc(C2=CC3(CCN(C(=O)OC(C)(C)C)CC3C)Oc3ccccc32)cc1.CS. The van der Waals surface area contributed by atoms with E-state index in [4.69, 9.17) is 9.47 Å². The molecule has 1 fully saturated rings. The first-order valence-electron chi connectivity index (χ1n) is 14.4. The van der Waals surface area contributed by atoms with E-state index < -0.39 is 11.2 Å². The van der Waals surface area contributed by atoms with Gasteiger partial charge in [0.2, 0.25) is 0 Å². The van der Waals surface area contributed by atoms with Crippen molar-refractivity contribution >= 4 is 30.2 Å². The van der Waals surface area contributed by atoms with Crippen molar-refractivity contribution < 1.29 is 19.1 Å². The molecule has 2 aliphatic heterocycles. The van der Waals surface area contributed by atoms with Gasteiger partial charge in [-0.3, -0.25) is 4.79 Å². The van der Waals surface area contributed by atoms with Gasteiger partial charge in [0.05, 0.1) is 0 Å². The predicted molar refractivity (Wildman–Crippen MR) is 168 cm³/mol. The Morgan fingerprint density at radius 3 is 2.20 bits per heavy atom. The Bertz CT molecular complexity index is 1150. The van der Waals surface area contributed by atoms with E-state index in [-0.39, 0.29) is 17.9 Å². The highest BCUT2D eigenvalue weighted by atomic mass is 32.1. The van der Waals surface area contributed by atoms with Gasteiger partial charge in [-0.05, 0) is 76.3 Å². The third kappa shape index (κ3) is 7.62. The zero-order chi connectivity index (χ0) is 30.1. The second kappa shape index (κ2) is 14.6. The van der Waals surface area contributed by atoms with E-state index >= 15 is 0 Å². The number of hydrogen-bond donors (Lipinski definition) is 1. The van der Waals surface area contributed by atoms with Crippen LogP contribution < -0.4 is 4.74 Å². The number of rotatable bonds is 4. The van der Waals surface area contributed by atoms with Crippen molar-refractivity contribution in [1.29, 1.82) is 0 Å². The molecule has 2 aromatic rings. The van der Waals surface area contributed by atoms with Crippen LogP contribution in [0.25, 0.3) is 5.57 Å². The van der Waals surface area contributed by atoms with E-state index in [1.165, 1.54) is 0 Å². The number of amides is 2. The number of fused-ring (bicyclic) bond motifs is 1. The summed E-state index contributed by atoms with van der Waals surface area (Å²) in [5.41, 5.74) is 2.81. The highest BCUT2D eigenvalue weighted by Crippen LogP contribution is 2.45. The molecule has 2 atom stereocenters. The molecule has 0 saturated carbocycles. The van der Waals surface area contributed by atoms with Crippen molar-refractivity contribution in [3.05, 3.63) is 71.3 Å². The highest BCUT2D eigenvalue weighted by Gasteiger charge is 2.45. The second-order valence-electron chi connectivity index (χ2n) is 10.7. The Morgan fingerprint density at radius 2 is 1.65 bits per heavy atom. The van der Waals surface area contributed by atoms with Crippen LogP contribution in [0.3, 0.4) is 0 Å². The normalized spacial score (nSPS) is 19.5. The lowest BCUT2D eigenvalue weighted by atomic mass is 9.77. The number of likely N-dealkylation sites (tertiary alicyclic amines) is 1. The average molecular weight is 569 g/mol. The summed E-state index contributed by atoms with van der Waals surface area (Å²) in [6, 6.07) is 16.0. The first-order chi connectivity index (χ1) is 19.1. The van der Waals surface area contributed by atoms with Crippen LogP contribution >= 0.6 is 12.6 Å². The second-order valence-corrected chi connectivity index (χ2v) is 10.7. The molecule has 0 N–H and O–H groups in total. The lowest BCUT2D eigenvalue weighted by Gasteiger charge is -2.47. The summed E-state index contributed by atoms with van der Waals surface area (Å²) < 4.78 is 12.3. The smallest absolute Gasteiger partial charge is 0.410 e. The molecule has 2 amide bonds. The highest BCUT2D eigenvalue weighted by molar-refractivity contribution is 7.79. The van der Waals surface area contributed by atoms with E-state index in [1.54, 1.807) is 11.2 Å². The number of carbonyl (C=O) groups is 2. The Labute approximate surface area is 247 Å². The summed E-state index contributed by atoms with van der Waals surface area (Å²) in [6.45, 7) is 18.3. The van der Waals surface area contributed by atoms with E-state index in [0.29, 0.717) is 38.2 Å². The summed E-state index contributed by atoms with van der Waals surface area (Å²) >= 11 is 3.53. The largest absolute Gasteiger partial charge is 0.482 e. The Kier molecular flexibility index (Phi) is 12.2. The van der Waals surface area contributed by atoms with Gasteiger partial charge in [-0.1, -0.05) is 51.1 Å². The van der Waals surface area contributed by atoms with Gasteiger partial charge in [0.15, 0.2) is 0 Å². The number of ether oxygens (including phenoxy) is 2. The first-order valence-corrected chi connectivity index (χ1v) is 15.3. The molecule has 2 unspecified atom stereocenters. The first kappa shape index (κ1) is 33.3. The third-order valence-electron chi connectivity index (χ3n) is 7.11. The van der Waals surface area contributed by atoms with E-state index in [0.717, 1.165) is 22.4 Å². The predicted octanol–water partition coefficient (Wildman–Crippen LogP) is 7.58. The van der Waals surface area contributed by atoms with Crippen LogP contribution in [0.4, 0.5) is 4.79 Å². The number of para-hydroxylation sites is 1. The van der Waals surface area contributed by atoms with Crippen molar-refractivity contribution in [2.24, 2.45) is 5.92 Å². The Hall–Kier alpha value is -2.93. The molecule has 0 aliphatic carbocycles. The van der Waals surface area contributed by atoms with Crippen LogP contribution in [0.15, 0.2) is 54.6 Å². The summed E-state index contributed by atoms with van der Waals surface area (Å²) in [4.78, 5) is 29.1. The fourth-order valence-corrected chi connectivity index (χ4v) is 5.05. The van der Waals surface area contributed by atoms with Crippen molar-refractivity contribution in [2.75, 3.05) is 32.4 Å². The van der Waals surface area contributed by atoms with Gasteiger partial charge in [-0.15, -0.1) is 0 Å². The van der Waals surface area contributed by atoms with E-state index in [1.807, 2.05) is 95.8 Å². The number of hydrogen-bond acceptors (Lipinski definition) is 5. The fraction of sp³-hybridized carbons (Fsp3) is 0.515. The lowest BCUT2D eigenvalue weighted by Crippen LogP contribution is -2.55. The number of thiol groups is 1. The van der Waals surface area contributed by atoms with Crippen molar-refractivity contribution in [2.45, 2.75) is 73.0 Å². The van der Waals surface area contributed by atoms with Gasteiger partial charge in [-0.2, -0.15) is 12.6 Å². The van der Waals surface area contributed by atoms with E-state index in [9.17, 15) is 9.59 Å². The van der Waals surface area contributed by atoms with Crippen LogP contribution in [0.1, 0.15) is 83.3 Å². The van der Waals surface area contributed by atoms with Crippen LogP contribution in [0, 0.1) is 5.92 Å². The summed E-state index contributed by atoms with van der Waals surface area (Å²) in [7, 11) is 0. The number of piperidine rings is 1. The monoisotopic (exact) mass is 568 g/mol. The van der Waals surface area contributed by atoms with Gasteiger partial charge in [0, 0.05) is 49.6 Å². The van der Waals surface area contributed by atoms with Gasteiger partial charge in [0.1, 0.15) is 17.0 Å². The fourth-order valence-electron chi connectivity index (χ4n) is 5.05. The Balaban J connectivity index is 0.00000134. The molecule has 2 heterocycles. The number of nitrogens with zero attached hydrogens (tertiary/aromatic N) is 2. The summed E-state index contributed by atoms with van der Waals surface area (Å²) in [5, 5.41) is 0. The maximum Gasteiger partial charge on any atom is 0.410 e. The molecular formula is C33H48N2O4S. The third-order valence-corrected chi connectivity index (χ3v) is 7.11. The molecule has 220 valence electrons. The number of benzene rings is 2. The minimum atomic E-state index is -0.530. The average Bonchev–Trinajstić information content (AvgIpc) is 2.96. The van der Waals surface area contributed by atoms with Gasteiger partial charge >= 0.3 is 6.09 Å². The quantitative estimate of drug-likeness (QED) is 0.386. The molecule has 0 aromatic heterocycles. The molecule has 7 heteroatoms. The molecule has 4 rings (SSSR count). The molecule has 0 bridgehead atoms. The van der Waals surface area contributed by atoms with Crippen molar-refractivity contribution in [1.82, 2.24) is 9.80 Å². The lowest BCUT2D eigenvalue weighted by molar-refractivity contribution is -0.0261. The van der Waals surface area contributed by atoms with Gasteiger partial charge in [-0.25, -0.2) is 4.79 Å². The van der Waals surface area contributed by atoms with Crippen molar-refractivity contribution in [3.8, 4) is 5.75 Å². The zero-order valence-corrected chi connectivity index (χ0v) is 26.7. The van der Waals surface area contributed by atoms with Crippen LogP contribution in [-0.2, 0) is 4.74 Å². The van der Waals surface area contributed by atoms with Crippen LogP contribution in [0.5, 0.6) is 5.75 Å². The molecule has 0 radical (unpaired) electrons. The zero-order valence-electron chi connectivity index (χ0n) is 25.8. The summed E-state index contributed by atoms with van der Waals surface area (Å²) in [5.74, 6) is 0.953. The standard InChI is InChI=1S/C30H38N2O4.C2H6.CH4S/c1-7-31(8-2)27(33)23-15-13-22(14-16-23)25-19-30(35-26-12-10-9-11-24(25)26)17-18-32(20-21(30)3)28(34)36-29(4,5)6;2*1-2/h9-16,19,21H,7-8,17-18,20H2,1-6H3;1-2H3;2H,1H3. The minimum absolute atomic E-state index is 0.0486. The van der Waals surface area contributed by atoms with E-state index in [2.05, 4.69) is 31.7 Å².